The zero-order valence-electron chi connectivity index (χ0n) is 15.2. The Morgan fingerprint density at radius 3 is 2.64 bits per heavy atom. The van der Waals surface area contributed by atoms with Crippen LogP contribution in [0.25, 0.3) is 0 Å². The van der Waals surface area contributed by atoms with Crippen LogP contribution in [0.1, 0.15) is 38.3 Å². The molecule has 0 unspecified atom stereocenters. The maximum atomic E-state index is 12.2. The van der Waals surface area contributed by atoms with Crippen LogP contribution in [-0.2, 0) is 22.5 Å². The van der Waals surface area contributed by atoms with Gasteiger partial charge >= 0.3 is 12.1 Å². The van der Waals surface area contributed by atoms with Crippen LogP contribution in [0, 0.1) is 11.8 Å². The molecule has 25 heavy (non-hydrogen) atoms. The molecule has 6 nitrogen and oxygen atoms in total. The van der Waals surface area contributed by atoms with E-state index in [9.17, 15) is 14.7 Å². The first-order valence-corrected chi connectivity index (χ1v) is 8.68. The monoisotopic (exact) mass is 348 g/mol. The van der Waals surface area contributed by atoms with Crippen molar-refractivity contribution in [2.24, 2.45) is 17.6 Å². The van der Waals surface area contributed by atoms with Crippen LogP contribution < -0.4 is 5.73 Å². The predicted molar refractivity (Wildman–Crippen MR) is 95.1 cm³/mol. The topological polar surface area (TPSA) is 92.9 Å². The Hall–Kier alpha value is -2.08. The highest BCUT2D eigenvalue weighted by Crippen LogP contribution is 2.28. The van der Waals surface area contributed by atoms with Gasteiger partial charge in [-0.25, -0.2) is 4.79 Å². The van der Waals surface area contributed by atoms with E-state index in [1.807, 2.05) is 45.0 Å². The maximum Gasteiger partial charge on any atom is 0.410 e. The van der Waals surface area contributed by atoms with Crippen molar-refractivity contribution in [1.29, 1.82) is 0 Å². The highest BCUT2D eigenvalue weighted by molar-refractivity contribution is 5.72. The highest BCUT2D eigenvalue weighted by atomic mass is 16.6. The van der Waals surface area contributed by atoms with E-state index in [2.05, 4.69) is 0 Å². The van der Waals surface area contributed by atoms with Gasteiger partial charge < -0.3 is 20.5 Å². The van der Waals surface area contributed by atoms with Crippen LogP contribution in [0.5, 0.6) is 0 Å². The fraction of sp³-hybridized carbons (Fsp3) is 0.579. The molecule has 1 amide bonds. The van der Waals surface area contributed by atoms with Crippen LogP contribution >= 0.6 is 0 Å². The first-order valence-electron chi connectivity index (χ1n) is 8.68. The van der Waals surface area contributed by atoms with Crippen molar-refractivity contribution in [1.82, 2.24) is 4.90 Å². The molecule has 1 aliphatic rings. The Labute approximate surface area is 149 Å². The van der Waals surface area contributed by atoms with Crippen LogP contribution in [0.4, 0.5) is 4.79 Å². The fourth-order valence-corrected chi connectivity index (χ4v) is 3.20. The number of hydrogen-bond acceptors (Lipinski definition) is 4. The lowest BCUT2D eigenvalue weighted by Gasteiger charge is -2.25. The third-order valence-corrected chi connectivity index (χ3v) is 4.45. The summed E-state index contributed by atoms with van der Waals surface area (Å²) in [4.78, 5) is 25.6. The standard InChI is InChI=1S/C19H28N2O4/c1-19(2,3)25-18(24)21-8-7-15(12-21)16(17(22)23)10-13-5-4-6-14(9-13)11-20/h4-6,9,15-16H,7-8,10-12,20H2,1-3H3,(H,22,23)/t15-,16-/m0/s1. The summed E-state index contributed by atoms with van der Waals surface area (Å²) in [6.07, 6.45) is 0.743. The number of aliphatic carboxylic acids is 1. The summed E-state index contributed by atoms with van der Waals surface area (Å²) < 4.78 is 5.38. The summed E-state index contributed by atoms with van der Waals surface area (Å²) in [5.74, 6) is -1.43. The van der Waals surface area contributed by atoms with Gasteiger partial charge in [0.05, 0.1) is 5.92 Å². The molecule has 0 bridgehead atoms. The zero-order valence-corrected chi connectivity index (χ0v) is 15.2. The van der Waals surface area contributed by atoms with Gasteiger partial charge in [-0.1, -0.05) is 24.3 Å². The van der Waals surface area contributed by atoms with E-state index in [4.69, 9.17) is 10.5 Å². The molecule has 3 N–H and O–H groups in total. The Balaban J connectivity index is 2.03. The van der Waals surface area contributed by atoms with Crippen LogP contribution in [-0.4, -0.2) is 40.8 Å². The molecule has 6 heteroatoms. The minimum absolute atomic E-state index is 0.0773. The molecule has 2 atom stereocenters. The van der Waals surface area contributed by atoms with E-state index >= 15 is 0 Å². The molecule has 1 aromatic carbocycles. The number of nitrogens with two attached hydrogens (primary N) is 1. The van der Waals surface area contributed by atoms with Crippen molar-refractivity contribution in [3.63, 3.8) is 0 Å². The van der Waals surface area contributed by atoms with Crippen LogP contribution in [0.15, 0.2) is 24.3 Å². The van der Waals surface area contributed by atoms with Crippen LogP contribution in [0.3, 0.4) is 0 Å². The molecule has 1 aliphatic heterocycles. The second kappa shape index (κ2) is 7.87. The van der Waals surface area contributed by atoms with Crippen molar-refractivity contribution >= 4 is 12.1 Å². The van der Waals surface area contributed by atoms with Crippen molar-refractivity contribution in [3.05, 3.63) is 35.4 Å². The maximum absolute atomic E-state index is 12.2. The van der Waals surface area contributed by atoms with Gasteiger partial charge in [0.1, 0.15) is 5.60 Å². The van der Waals surface area contributed by atoms with Gasteiger partial charge in [0, 0.05) is 19.6 Å². The Morgan fingerprint density at radius 2 is 2.04 bits per heavy atom. The molecule has 2 rings (SSSR count). The lowest BCUT2D eigenvalue weighted by atomic mass is 9.86. The molecular weight excluding hydrogens is 320 g/mol. The third-order valence-electron chi connectivity index (χ3n) is 4.45. The number of hydrogen-bond donors (Lipinski definition) is 2. The molecule has 0 saturated carbocycles. The van der Waals surface area contributed by atoms with Gasteiger partial charge in [-0.2, -0.15) is 0 Å². The number of nitrogens with zero attached hydrogens (tertiary/aromatic N) is 1. The molecule has 0 radical (unpaired) electrons. The van der Waals surface area contributed by atoms with Gasteiger partial charge in [-0.15, -0.1) is 0 Å². The van der Waals surface area contributed by atoms with Crippen molar-refractivity contribution in [2.75, 3.05) is 13.1 Å². The lowest BCUT2D eigenvalue weighted by Crippen LogP contribution is -2.36. The summed E-state index contributed by atoms with van der Waals surface area (Å²) in [6.45, 7) is 6.85. The summed E-state index contributed by atoms with van der Waals surface area (Å²) in [5.41, 5.74) is 7.06. The Morgan fingerprint density at radius 1 is 1.36 bits per heavy atom. The zero-order chi connectivity index (χ0) is 18.6. The number of carbonyl (C=O) groups excluding carboxylic acids is 1. The number of rotatable bonds is 5. The molecule has 1 saturated heterocycles. The van der Waals surface area contributed by atoms with Gasteiger partial charge in [0.2, 0.25) is 0 Å². The number of ether oxygens (including phenoxy) is 1. The molecule has 0 aromatic heterocycles. The van der Waals surface area contributed by atoms with Gasteiger partial charge in [0.15, 0.2) is 0 Å². The molecule has 0 spiro atoms. The first kappa shape index (κ1) is 19.2. The quantitative estimate of drug-likeness (QED) is 0.853. The van der Waals surface area contributed by atoms with Crippen molar-refractivity contribution in [2.45, 2.75) is 45.8 Å². The van der Waals surface area contributed by atoms with E-state index in [0.29, 0.717) is 32.5 Å². The third kappa shape index (κ3) is 5.46. The number of carbonyl (C=O) groups is 2. The Bertz CT molecular complexity index is 624. The molecule has 0 aliphatic carbocycles. The number of carboxylic acid groups (broad SMARTS) is 1. The van der Waals surface area contributed by atoms with Crippen molar-refractivity contribution < 1.29 is 19.4 Å². The first-order chi connectivity index (χ1) is 11.7. The van der Waals surface area contributed by atoms with Gasteiger partial charge in [0.25, 0.3) is 0 Å². The fourth-order valence-electron chi connectivity index (χ4n) is 3.20. The second-order valence-corrected chi connectivity index (χ2v) is 7.65. The van der Waals surface area contributed by atoms with E-state index < -0.39 is 17.5 Å². The second-order valence-electron chi connectivity index (χ2n) is 7.65. The summed E-state index contributed by atoms with van der Waals surface area (Å²) >= 11 is 0. The number of likely N-dealkylation sites (tertiary alicyclic amines) is 1. The molecule has 1 aromatic rings. The van der Waals surface area contributed by atoms with E-state index in [0.717, 1.165) is 11.1 Å². The highest BCUT2D eigenvalue weighted by Gasteiger charge is 2.37. The normalized spacial score (nSPS) is 18.9. The smallest absolute Gasteiger partial charge is 0.410 e. The van der Waals surface area contributed by atoms with E-state index in [1.165, 1.54) is 0 Å². The average Bonchev–Trinajstić information content (AvgIpc) is 3.00. The van der Waals surface area contributed by atoms with E-state index in [1.54, 1.807) is 4.90 Å². The predicted octanol–water partition coefficient (Wildman–Crippen LogP) is 2.65. The molecule has 138 valence electrons. The summed E-state index contributed by atoms with van der Waals surface area (Å²) in [7, 11) is 0. The number of benzene rings is 1. The van der Waals surface area contributed by atoms with Gasteiger partial charge in [-0.3, -0.25) is 4.79 Å². The molecule has 1 heterocycles. The van der Waals surface area contributed by atoms with Gasteiger partial charge in [-0.05, 0) is 50.7 Å². The summed E-state index contributed by atoms with van der Waals surface area (Å²) in [6, 6.07) is 7.71. The average molecular weight is 348 g/mol. The SMILES string of the molecule is CC(C)(C)OC(=O)N1CC[C@H]([C@H](Cc2cccc(CN)c2)C(=O)O)C1. The van der Waals surface area contributed by atoms with Crippen molar-refractivity contribution in [3.8, 4) is 0 Å². The molecule has 1 fully saturated rings. The largest absolute Gasteiger partial charge is 0.481 e. The number of carboxylic acids is 1. The number of amides is 1. The summed E-state index contributed by atoms with van der Waals surface area (Å²) in [5, 5.41) is 9.67. The Kier molecular flexibility index (Phi) is 6.06. The van der Waals surface area contributed by atoms with E-state index in [-0.39, 0.29) is 12.0 Å². The molecular formula is C19H28N2O4. The minimum Gasteiger partial charge on any atom is -0.481 e. The lowest BCUT2D eigenvalue weighted by molar-refractivity contribution is -0.143. The van der Waals surface area contributed by atoms with Crippen LogP contribution in [0.2, 0.25) is 0 Å². The minimum atomic E-state index is -0.825.